The van der Waals surface area contributed by atoms with Gasteiger partial charge in [-0.2, -0.15) is 23.4 Å². The van der Waals surface area contributed by atoms with Crippen LogP contribution in [0, 0.1) is 5.92 Å². The summed E-state index contributed by atoms with van der Waals surface area (Å²) in [5, 5.41) is 16.3. The monoisotopic (exact) mass is 505 g/mol. The number of alkyl halides is 3. The van der Waals surface area contributed by atoms with E-state index in [-0.39, 0.29) is 11.4 Å². The third kappa shape index (κ3) is 4.00. The van der Waals surface area contributed by atoms with Gasteiger partial charge in [0.2, 0.25) is 0 Å². The molecule has 0 N–H and O–H groups in total. The first-order valence-electron chi connectivity index (χ1n) is 11.9. The topological polar surface area (TPSA) is 82.9 Å². The molecule has 1 fully saturated rings. The molecule has 37 heavy (non-hydrogen) atoms. The van der Waals surface area contributed by atoms with Gasteiger partial charge in [-0.25, -0.2) is 4.79 Å². The molecule has 4 aromatic heterocycles. The first kappa shape index (κ1) is 23.1. The zero-order valence-corrected chi connectivity index (χ0v) is 19.8. The highest BCUT2D eigenvalue weighted by Crippen LogP contribution is 2.44. The number of aromatic nitrogens is 7. The van der Waals surface area contributed by atoms with Crippen LogP contribution >= 0.6 is 0 Å². The van der Waals surface area contributed by atoms with E-state index >= 15 is 0 Å². The molecule has 5 aromatic rings. The summed E-state index contributed by atoms with van der Waals surface area (Å²) in [5.74, 6) is 1.05. The molecular formula is C26H22F3N7O. The van der Waals surface area contributed by atoms with E-state index in [0.29, 0.717) is 11.6 Å². The predicted octanol–water partition coefficient (Wildman–Crippen LogP) is 4.63. The number of imidazole rings is 1. The van der Waals surface area contributed by atoms with Gasteiger partial charge < -0.3 is 4.57 Å². The Bertz CT molecular complexity index is 1650. The van der Waals surface area contributed by atoms with Gasteiger partial charge in [0.1, 0.15) is 12.2 Å². The van der Waals surface area contributed by atoms with E-state index in [4.69, 9.17) is 0 Å². The third-order valence-electron chi connectivity index (χ3n) is 7.14. The van der Waals surface area contributed by atoms with Crippen molar-refractivity contribution in [3.8, 4) is 16.8 Å². The SMILES string of the molecule is Cn1cnnc1C(c1cc(-c2ccnnc2)cc(-n2cc3c(C(F)(F)F)cccn3c2=O)c1)C1CCC1. The molecule has 188 valence electrons. The van der Waals surface area contributed by atoms with Crippen LogP contribution in [0.3, 0.4) is 0 Å². The van der Waals surface area contributed by atoms with Crippen LogP contribution in [0.25, 0.3) is 22.3 Å². The summed E-state index contributed by atoms with van der Waals surface area (Å²) in [5.41, 5.74) is 1.24. The zero-order chi connectivity index (χ0) is 25.7. The lowest BCUT2D eigenvalue weighted by molar-refractivity contribution is -0.136. The normalized spacial score (nSPS) is 15.1. The Hall–Kier alpha value is -4.28. The molecule has 0 spiro atoms. The second-order valence-electron chi connectivity index (χ2n) is 9.37. The summed E-state index contributed by atoms with van der Waals surface area (Å²) in [6, 6.07) is 9.68. The Labute approximate surface area is 209 Å². The maximum absolute atomic E-state index is 13.7. The minimum atomic E-state index is -4.60. The van der Waals surface area contributed by atoms with Gasteiger partial charge in [-0.1, -0.05) is 12.5 Å². The van der Waals surface area contributed by atoms with Crippen molar-refractivity contribution in [1.29, 1.82) is 0 Å². The van der Waals surface area contributed by atoms with Crippen molar-refractivity contribution in [3.63, 3.8) is 0 Å². The van der Waals surface area contributed by atoms with E-state index in [1.807, 2.05) is 23.7 Å². The van der Waals surface area contributed by atoms with E-state index in [9.17, 15) is 18.0 Å². The highest BCUT2D eigenvalue weighted by Gasteiger charge is 2.35. The number of rotatable bonds is 5. The lowest BCUT2D eigenvalue weighted by atomic mass is 9.72. The van der Waals surface area contributed by atoms with E-state index < -0.39 is 17.4 Å². The number of halogens is 3. The van der Waals surface area contributed by atoms with E-state index in [1.165, 1.54) is 23.0 Å². The lowest BCUT2D eigenvalue weighted by Crippen LogP contribution is -2.24. The Kier molecular flexibility index (Phi) is 5.43. The van der Waals surface area contributed by atoms with Crippen LogP contribution in [0.1, 0.15) is 42.1 Å². The Morgan fingerprint density at radius 2 is 1.89 bits per heavy atom. The zero-order valence-electron chi connectivity index (χ0n) is 19.8. The van der Waals surface area contributed by atoms with Crippen LogP contribution in [0.5, 0.6) is 0 Å². The average Bonchev–Trinajstić information content (AvgIpc) is 3.43. The summed E-state index contributed by atoms with van der Waals surface area (Å²) in [6.45, 7) is 0. The van der Waals surface area contributed by atoms with E-state index in [2.05, 4.69) is 20.4 Å². The fourth-order valence-corrected chi connectivity index (χ4v) is 5.10. The van der Waals surface area contributed by atoms with Gasteiger partial charge in [-0.15, -0.1) is 10.2 Å². The van der Waals surface area contributed by atoms with Crippen LogP contribution < -0.4 is 5.69 Å². The van der Waals surface area contributed by atoms with Crippen molar-refractivity contribution in [3.05, 3.63) is 94.9 Å². The average molecular weight is 506 g/mol. The second kappa shape index (κ2) is 8.68. The summed E-state index contributed by atoms with van der Waals surface area (Å²) in [6.07, 6.45) is 6.01. The highest BCUT2D eigenvalue weighted by atomic mass is 19.4. The lowest BCUT2D eigenvalue weighted by Gasteiger charge is -2.33. The van der Waals surface area contributed by atoms with Crippen molar-refractivity contribution >= 4 is 5.52 Å². The van der Waals surface area contributed by atoms with Gasteiger partial charge in [0.25, 0.3) is 0 Å². The fourth-order valence-electron chi connectivity index (χ4n) is 5.10. The first-order valence-corrected chi connectivity index (χ1v) is 11.9. The largest absolute Gasteiger partial charge is 0.418 e. The summed E-state index contributed by atoms with van der Waals surface area (Å²) < 4.78 is 45.3. The smallest absolute Gasteiger partial charge is 0.320 e. The van der Waals surface area contributed by atoms with Gasteiger partial charge >= 0.3 is 11.9 Å². The second-order valence-corrected chi connectivity index (χ2v) is 9.37. The molecule has 1 unspecified atom stereocenters. The minimum absolute atomic E-state index is 0.0896. The molecular weight excluding hydrogens is 483 g/mol. The molecule has 0 bridgehead atoms. The molecule has 0 radical (unpaired) electrons. The number of benzene rings is 1. The van der Waals surface area contributed by atoms with Gasteiger partial charge in [0.15, 0.2) is 0 Å². The summed E-state index contributed by atoms with van der Waals surface area (Å²) >= 11 is 0. The Morgan fingerprint density at radius 1 is 1.05 bits per heavy atom. The van der Waals surface area contributed by atoms with Crippen molar-refractivity contribution < 1.29 is 13.2 Å². The first-order chi connectivity index (χ1) is 17.8. The number of pyridine rings is 1. The maximum Gasteiger partial charge on any atom is 0.418 e. The van der Waals surface area contributed by atoms with Crippen LogP contribution in [0.15, 0.2) is 72.3 Å². The number of hydrogen-bond acceptors (Lipinski definition) is 5. The molecule has 11 heteroatoms. The molecule has 1 aliphatic carbocycles. The fraction of sp³-hybridized carbons (Fsp3) is 0.269. The van der Waals surface area contributed by atoms with Crippen molar-refractivity contribution in [2.45, 2.75) is 31.4 Å². The van der Waals surface area contributed by atoms with Crippen LogP contribution in [0.2, 0.25) is 0 Å². The van der Waals surface area contributed by atoms with Gasteiger partial charge in [-0.05, 0) is 60.2 Å². The van der Waals surface area contributed by atoms with Gasteiger partial charge in [0, 0.05) is 30.9 Å². The van der Waals surface area contributed by atoms with Crippen molar-refractivity contribution in [2.24, 2.45) is 13.0 Å². The van der Waals surface area contributed by atoms with E-state index in [0.717, 1.165) is 52.2 Å². The van der Waals surface area contributed by atoms with Gasteiger partial charge in [0.05, 0.1) is 29.2 Å². The highest BCUT2D eigenvalue weighted by molar-refractivity contribution is 5.67. The number of aryl methyl sites for hydroxylation is 1. The third-order valence-corrected chi connectivity index (χ3v) is 7.14. The standard InChI is InChI=1S/C26H22F3N7O/c1-34-15-32-33-24(34)23(16-4-2-5-16)19-10-18(17-7-8-30-31-13-17)11-20(12-19)36-14-22-21(26(27,28)29)6-3-9-35(22)25(36)37/h3,6-16,23H,2,4-5H2,1H3. The molecule has 1 atom stereocenters. The summed E-state index contributed by atoms with van der Waals surface area (Å²) in [4.78, 5) is 13.3. The number of nitrogens with zero attached hydrogens (tertiary/aromatic N) is 7. The van der Waals surface area contributed by atoms with Crippen LogP contribution in [-0.2, 0) is 13.2 Å². The van der Waals surface area contributed by atoms with Crippen LogP contribution in [0.4, 0.5) is 13.2 Å². The molecule has 8 nitrogen and oxygen atoms in total. The number of hydrogen-bond donors (Lipinski definition) is 0. The quantitative estimate of drug-likeness (QED) is 0.348. The van der Waals surface area contributed by atoms with Gasteiger partial charge in [-0.3, -0.25) is 8.97 Å². The molecule has 0 aliphatic heterocycles. The summed E-state index contributed by atoms with van der Waals surface area (Å²) in [7, 11) is 1.89. The molecule has 1 aliphatic rings. The van der Waals surface area contributed by atoms with Crippen molar-refractivity contribution in [2.75, 3.05) is 0 Å². The van der Waals surface area contributed by atoms with E-state index in [1.54, 1.807) is 30.9 Å². The molecule has 1 aromatic carbocycles. The molecule has 1 saturated carbocycles. The molecule has 0 amide bonds. The predicted molar refractivity (Wildman–Crippen MR) is 129 cm³/mol. The van der Waals surface area contributed by atoms with Crippen LogP contribution in [-0.4, -0.2) is 33.9 Å². The Balaban J connectivity index is 1.59. The maximum atomic E-state index is 13.7. The molecule has 6 rings (SSSR count). The number of fused-ring (bicyclic) bond motifs is 1. The molecule has 0 saturated heterocycles. The minimum Gasteiger partial charge on any atom is -0.320 e. The molecule has 4 heterocycles. The van der Waals surface area contributed by atoms with Crippen molar-refractivity contribution in [1.82, 2.24) is 33.9 Å². The Morgan fingerprint density at radius 3 is 2.54 bits per heavy atom.